The monoisotopic (exact) mass is 427 g/mol. The number of benzene rings is 3. The number of hydrogen-bond donors (Lipinski definition) is 1. The number of aromatic nitrogens is 1. The molecule has 1 N–H and O–H groups in total. The smallest absolute Gasteiger partial charge is 0.262 e. The number of carbonyl (C=O) groups is 1. The normalized spacial score (nSPS) is 13.5. The molecule has 31 heavy (non-hydrogen) atoms. The summed E-state index contributed by atoms with van der Waals surface area (Å²) in [4.78, 5) is 17.6. The number of carbonyl (C=O) groups excluding carboxylic acids is 1. The molecule has 0 spiro atoms. The number of anilines is 1. The van der Waals surface area contributed by atoms with Crippen LogP contribution in [0.4, 0.5) is 11.4 Å². The lowest BCUT2D eigenvalue weighted by Gasteiger charge is -2.19. The first kappa shape index (κ1) is 19.3. The van der Waals surface area contributed by atoms with Crippen LogP contribution in [0.3, 0.4) is 0 Å². The summed E-state index contributed by atoms with van der Waals surface area (Å²) in [5.41, 5.74) is 6.05. The molecule has 1 aliphatic rings. The van der Waals surface area contributed by atoms with Gasteiger partial charge in [-0.15, -0.1) is 11.3 Å². The van der Waals surface area contributed by atoms with E-state index < -0.39 is 0 Å². The second kappa shape index (κ2) is 8.24. The van der Waals surface area contributed by atoms with Gasteiger partial charge in [0.25, 0.3) is 5.91 Å². The Labute approximate surface area is 184 Å². The van der Waals surface area contributed by atoms with E-state index >= 15 is 0 Å². The Balaban J connectivity index is 1.63. The average molecular weight is 428 g/mol. The minimum atomic E-state index is -0.137. The van der Waals surface area contributed by atoms with Crippen LogP contribution >= 0.6 is 11.3 Å². The minimum Gasteiger partial charge on any atom is -0.482 e. The zero-order valence-electron chi connectivity index (χ0n) is 17.0. The Morgan fingerprint density at radius 2 is 1.94 bits per heavy atom. The maximum Gasteiger partial charge on any atom is 0.262 e. The van der Waals surface area contributed by atoms with Crippen LogP contribution in [0.2, 0.25) is 0 Å². The van der Waals surface area contributed by atoms with Gasteiger partial charge < -0.3 is 14.6 Å². The van der Waals surface area contributed by atoms with Crippen molar-refractivity contribution in [2.45, 2.75) is 13.5 Å². The Bertz CT molecular complexity index is 1320. The summed E-state index contributed by atoms with van der Waals surface area (Å²) in [5, 5.41) is 5.01. The van der Waals surface area contributed by atoms with Gasteiger partial charge in [0.15, 0.2) is 11.4 Å². The second-order valence-corrected chi connectivity index (χ2v) is 8.31. The predicted octanol–water partition coefficient (Wildman–Crippen LogP) is 5.14. The number of aryl methyl sites for hydroxylation is 1. The van der Waals surface area contributed by atoms with Gasteiger partial charge >= 0.3 is 0 Å². The lowest BCUT2D eigenvalue weighted by molar-refractivity contribution is -0.118. The Hall–Kier alpha value is -3.64. The zero-order valence-corrected chi connectivity index (χ0v) is 17.9. The second-order valence-electron chi connectivity index (χ2n) is 7.47. The van der Waals surface area contributed by atoms with Crippen molar-refractivity contribution in [1.82, 2.24) is 4.57 Å². The first-order valence-electron chi connectivity index (χ1n) is 10.1. The van der Waals surface area contributed by atoms with E-state index in [1.807, 2.05) is 48.5 Å². The fourth-order valence-electron chi connectivity index (χ4n) is 3.62. The molecule has 5 nitrogen and oxygen atoms in total. The Morgan fingerprint density at radius 1 is 1.06 bits per heavy atom. The van der Waals surface area contributed by atoms with Gasteiger partial charge in [-0.05, 0) is 48.4 Å². The standard InChI is InChI=1S/C25H21N3O2S/c1-17-6-5-9-20(12-17)26-25-28(14-18-7-3-2-4-8-18)22(16-31-25)19-10-11-23-21(13-19)27-24(29)15-30-23/h2-13,16H,14-15H2,1H3,(H,27,29). The molecule has 1 aromatic heterocycles. The molecular weight excluding hydrogens is 406 g/mol. The number of nitrogens with zero attached hydrogens (tertiary/aromatic N) is 2. The van der Waals surface area contributed by atoms with Gasteiger partial charge in [-0.1, -0.05) is 42.5 Å². The molecular formula is C25H21N3O2S. The van der Waals surface area contributed by atoms with E-state index in [-0.39, 0.29) is 12.5 Å². The van der Waals surface area contributed by atoms with Gasteiger partial charge in [0, 0.05) is 10.9 Å². The van der Waals surface area contributed by atoms with Crippen molar-refractivity contribution in [3.63, 3.8) is 0 Å². The third-order valence-electron chi connectivity index (χ3n) is 5.12. The van der Waals surface area contributed by atoms with Crippen molar-refractivity contribution in [3.8, 4) is 17.0 Å². The predicted molar refractivity (Wildman–Crippen MR) is 124 cm³/mol. The molecule has 0 aliphatic carbocycles. The van der Waals surface area contributed by atoms with E-state index in [9.17, 15) is 4.79 Å². The number of fused-ring (bicyclic) bond motifs is 1. The molecule has 0 atom stereocenters. The molecule has 5 rings (SSSR count). The maximum absolute atomic E-state index is 11.8. The van der Waals surface area contributed by atoms with Gasteiger partial charge in [-0.25, -0.2) is 4.99 Å². The number of nitrogens with one attached hydrogen (secondary N) is 1. The highest BCUT2D eigenvalue weighted by molar-refractivity contribution is 7.07. The van der Waals surface area contributed by atoms with Crippen LogP contribution in [0, 0.1) is 6.92 Å². The summed E-state index contributed by atoms with van der Waals surface area (Å²) in [6, 6.07) is 24.4. The van der Waals surface area contributed by atoms with E-state index in [0.717, 1.165) is 21.7 Å². The summed E-state index contributed by atoms with van der Waals surface area (Å²) in [7, 11) is 0. The van der Waals surface area contributed by atoms with Crippen molar-refractivity contribution in [2.24, 2.45) is 4.99 Å². The van der Waals surface area contributed by atoms with Crippen molar-refractivity contribution >= 4 is 28.6 Å². The molecule has 154 valence electrons. The van der Waals surface area contributed by atoms with E-state index in [1.165, 1.54) is 11.1 Å². The quantitative estimate of drug-likeness (QED) is 0.490. The lowest BCUT2D eigenvalue weighted by atomic mass is 10.1. The molecule has 1 aliphatic heterocycles. The molecule has 0 fully saturated rings. The topological polar surface area (TPSA) is 55.6 Å². The molecule has 0 saturated heterocycles. The fraction of sp³-hybridized carbons (Fsp3) is 0.120. The number of ether oxygens (including phenoxy) is 1. The maximum atomic E-state index is 11.8. The third-order valence-corrected chi connectivity index (χ3v) is 5.98. The highest BCUT2D eigenvalue weighted by Crippen LogP contribution is 2.33. The van der Waals surface area contributed by atoms with Gasteiger partial charge in [0.05, 0.1) is 23.6 Å². The van der Waals surface area contributed by atoms with Crippen LogP contribution in [0.5, 0.6) is 5.75 Å². The molecule has 0 radical (unpaired) electrons. The summed E-state index contributed by atoms with van der Waals surface area (Å²) >= 11 is 1.61. The Kier molecular flexibility index (Phi) is 5.14. The molecule has 0 unspecified atom stereocenters. The zero-order chi connectivity index (χ0) is 21.2. The van der Waals surface area contributed by atoms with E-state index in [0.29, 0.717) is 18.0 Å². The van der Waals surface area contributed by atoms with Crippen LogP contribution in [-0.4, -0.2) is 17.1 Å². The van der Waals surface area contributed by atoms with Gasteiger partial charge in [0.2, 0.25) is 0 Å². The number of hydrogen-bond acceptors (Lipinski definition) is 4. The summed E-state index contributed by atoms with van der Waals surface area (Å²) in [6.07, 6.45) is 0. The molecule has 1 amide bonds. The van der Waals surface area contributed by atoms with Crippen molar-refractivity contribution in [1.29, 1.82) is 0 Å². The van der Waals surface area contributed by atoms with Crippen molar-refractivity contribution in [2.75, 3.05) is 11.9 Å². The lowest BCUT2D eigenvalue weighted by Crippen LogP contribution is -2.25. The average Bonchev–Trinajstić information content (AvgIpc) is 3.16. The van der Waals surface area contributed by atoms with Crippen LogP contribution in [0.25, 0.3) is 11.3 Å². The molecule has 2 heterocycles. The summed E-state index contributed by atoms with van der Waals surface area (Å²) in [5.74, 6) is 0.556. The SMILES string of the molecule is Cc1cccc(N=c2scc(-c3ccc4c(c3)NC(=O)CO4)n2Cc2ccccc2)c1. The van der Waals surface area contributed by atoms with Gasteiger partial charge in [-0.2, -0.15) is 0 Å². The first-order chi connectivity index (χ1) is 15.2. The van der Waals surface area contributed by atoms with Gasteiger partial charge in [0.1, 0.15) is 5.75 Å². The first-order valence-corrected chi connectivity index (χ1v) is 10.9. The molecule has 6 heteroatoms. The molecule has 0 saturated carbocycles. The number of rotatable bonds is 4. The number of thiazole rings is 1. The molecule has 3 aromatic carbocycles. The fourth-order valence-corrected chi connectivity index (χ4v) is 4.55. The van der Waals surface area contributed by atoms with E-state index in [2.05, 4.69) is 46.5 Å². The minimum absolute atomic E-state index is 0.0539. The highest BCUT2D eigenvalue weighted by Gasteiger charge is 2.18. The Morgan fingerprint density at radius 3 is 2.77 bits per heavy atom. The van der Waals surface area contributed by atoms with Crippen LogP contribution in [0.15, 0.2) is 83.2 Å². The van der Waals surface area contributed by atoms with Crippen LogP contribution in [-0.2, 0) is 11.3 Å². The summed E-state index contributed by atoms with van der Waals surface area (Å²) in [6.45, 7) is 2.82. The van der Waals surface area contributed by atoms with E-state index in [1.54, 1.807) is 11.3 Å². The van der Waals surface area contributed by atoms with Crippen LogP contribution in [0.1, 0.15) is 11.1 Å². The van der Waals surface area contributed by atoms with Crippen molar-refractivity contribution in [3.05, 3.63) is 94.1 Å². The highest BCUT2D eigenvalue weighted by atomic mass is 32.1. The van der Waals surface area contributed by atoms with E-state index in [4.69, 9.17) is 9.73 Å². The number of amides is 1. The largest absolute Gasteiger partial charge is 0.482 e. The molecule has 0 bridgehead atoms. The van der Waals surface area contributed by atoms with Gasteiger partial charge in [-0.3, -0.25) is 4.79 Å². The summed E-state index contributed by atoms with van der Waals surface area (Å²) < 4.78 is 7.73. The van der Waals surface area contributed by atoms with Crippen LogP contribution < -0.4 is 14.9 Å². The third kappa shape index (κ3) is 4.15. The van der Waals surface area contributed by atoms with Crippen molar-refractivity contribution < 1.29 is 9.53 Å². The molecule has 4 aromatic rings.